The Bertz CT molecular complexity index is 169. The Balaban J connectivity index is 2.52. The van der Waals surface area contributed by atoms with Gasteiger partial charge >= 0.3 is 0 Å². The van der Waals surface area contributed by atoms with Crippen LogP contribution in [-0.2, 0) is 4.79 Å². The van der Waals surface area contributed by atoms with Crippen molar-refractivity contribution in [1.29, 1.82) is 0 Å². The fraction of sp³-hybridized carbons (Fsp3) is 0.889. The Morgan fingerprint density at radius 3 is 2.42 bits per heavy atom. The van der Waals surface area contributed by atoms with Crippen LogP contribution in [0.25, 0.3) is 0 Å². The third-order valence-corrected chi connectivity index (χ3v) is 2.68. The molecule has 0 spiro atoms. The van der Waals surface area contributed by atoms with Crippen LogP contribution in [0.1, 0.15) is 13.3 Å². The molecule has 1 aliphatic heterocycles. The molecule has 12 heavy (non-hydrogen) atoms. The van der Waals surface area contributed by atoms with Crippen molar-refractivity contribution in [2.24, 2.45) is 5.92 Å². The van der Waals surface area contributed by atoms with Gasteiger partial charge in [0.15, 0.2) is 0 Å². The molecule has 2 atom stereocenters. The van der Waals surface area contributed by atoms with Gasteiger partial charge in [-0.1, -0.05) is 0 Å². The summed E-state index contributed by atoms with van der Waals surface area (Å²) in [7, 11) is 5.73. The quantitative estimate of drug-likeness (QED) is 0.569. The number of carbonyl (C=O) groups is 1. The van der Waals surface area contributed by atoms with E-state index in [1.54, 1.807) is 4.90 Å². The summed E-state index contributed by atoms with van der Waals surface area (Å²) in [5, 5.41) is 0. The summed E-state index contributed by atoms with van der Waals surface area (Å²) in [4.78, 5) is 15.5. The van der Waals surface area contributed by atoms with Gasteiger partial charge in [0.05, 0.1) is 5.92 Å². The molecular formula is C9H18N2O. The van der Waals surface area contributed by atoms with Gasteiger partial charge in [0.1, 0.15) is 0 Å². The first-order valence-electron chi connectivity index (χ1n) is 4.43. The van der Waals surface area contributed by atoms with Gasteiger partial charge < -0.3 is 9.80 Å². The van der Waals surface area contributed by atoms with Crippen molar-refractivity contribution in [2.75, 3.05) is 27.7 Å². The average molecular weight is 170 g/mol. The summed E-state index contributed by atoms with van der Waals surface area (Å²) in [5.74, 6) is 0.492. The van der Waals surface area contributed by atoms with Gasteiger partial charge in [0.25, 0.3) is 0 Å². The lowest BCUT2D eigenvalue weighted by Gasteiger charge is -2.15. The van der Waals surface area contributed by atoms with Gasteiger partial charge in [0.2, 0.25) is 5.91 Å². The van der Waals surface area contributed by atoms with Crippen LogP contribution in [0.3, 0.4) is 0 Å². The number of nitrogens with zero attached hydrogens (tertiary/aromatic N) is 2. The highest BCUT2D eigenvalue weighted by Crippen LogP contribution is 2.22. The minimum atomic E-state index is 0.222. The van der Waals surface area contributed by atoms with E-state index < -0.39 is 0 Å². The molecule has 0 aromatic heterocycles. The van der Waals surface area contributed by atoms with E-state index in [1.165, 1.54) is 0 Å². The summed E-state index contributed by atoms with van der Waals surface area (Å²) >= 11 is 0. The molecule has 0 radical (unpaired) electrons. The minimum absolute atomic E-state index is 0.222. The lowest BCUT2D eigenvalue weighted by atomic mass is 10.1. The molecule has 1 amide bonds. The van der Waals surface area contributed by atoms with Gasteiger partial charge in [-0.2, -0.15) is 0 Å². The van der Waals surface area contributed by atoms with Gasteiger partial charge in [-0.25, -0.2) is 0 Å². The number of hydrogen-bond acceptors (Lipinski definition) is 2. The van der Waals surface area contributed by atoms with Crippen LogP contribution in [0, 0.1) is 5.92 Å². The van der Waals surface area contributed by atoms with Crippen molar-refractivity contribution in [1.82, 2.24) is 9.80 Å². The molecule has 70 valence electrons. The molecule has 1 saturated heterocycles. The minimum Gasteiger partial charge on any atom is -0.349 e. The number of rotatable bonds is 1. The van der Waals surface area contributed by atoms with Crippen LogP contribution < -0.4 is 0 Å². The first-order chi connectivity index (χ1) is 5.52. The smallest absolute Gasteiger partial charge is 0.226 e. The Morgan fingerprint density at radius 1 is 1.50 bits per heavy atom. The van der Waals surface area contributed by atoms with Gasteiger partial charge in [-0.3, -0.25) is 4.79 Å². The van der Waals surface area contributed by atoms with E-state index in [2.05, 4.69) is 18.9 Å². The summed E-state index contributed by atoms with van der Waals surface area (Å²) in [6.45, 7) is 3.08. The van der Waals surface area contributed by atoms with Crippen LogP contribution >= 0.6 is 0 Å². The predicted molar refractivity (Wildman–Crippen MR) is 48.9 cm³/mol. The van der Waals surface area contributed by atoms with Crippen molar-refractivity contribution in [3.63, 3.8) is 0 Å². The molecule has 0 saturated carbocycles. The maximum absolute atomic E-state index is 11.5. The van der Waals surface area contributed by atoms with Crippen molar-refractivity contribution in [3.05, 3.63) is 0 Å². The summed E-state index contributed by atoms with van der Waals surface area (Å²) < 4.78 is 0. The molecule has 1 heterocycles. The Kier molecular flexibility index (Phi) is 2.73. The topological polar surface area (TPSA) is 23.6 Å². The van der Waals surface area contributed by atoms with E-state index in [4.69, 9.17) is 0 Å². The lowest BCUT2D eigenvalue weighted by Crippen LogP contribution is -2.31. The normalized spacial score (nSPS) is 30.7. The summed E-state index contributed by atoms with van der Waals surface area (Å²) in [6, 6.07) is 0.555. The van der Waals surface area contributed by atoms with Gasteiger partial charge in [0, 0.05) is 26.7 Å². The first kappa shape index (κ1) is 9.52. The second-order valence-corrected chi connectivity index (χ2v) is 3.95. The summed E-state index contributed by atoms with van der Waals surface area (Å²) in [6.07, 6.45) is 1.01. The molecule has 1 rings (SSSR count). The number of likely N-dealkylation sites (tertiary alicyclic amines) is 1. The van der Waals surface area contributed by atoms with Crippen molar-refractivity contribution in [3.8, 4) is 0 Å². The third-order valence-electron chi connectivity index (χ3n) is 2.68. The van der Waals surface area contributed by atoms with E-state index >= 15 is 0 Å². The largest absolute Gasteiger partial charge is 0.349 e. The van der Waals surface area contributed by atoms with Gasteiger partial charge in [-0.05, 0) is 20.4 Å². The van der Waals surface area contributed by atoms with E-state index in [1.807, 2.05) is 14.1 Å². The highest BCUT2D eigenvalue weighted by atomic mass is 16.2. The highest BCUT2D eigenvalue weighted by molar-refractivity contribution is 5.78. The van der Waals surface area contributed by atoms with Crippen molar-refractivity contribution in [2.45, 2.75) is 19.4 Å². The second kappa shape index (κ2) is 3.44. The molecule has 3 heteroatoms. The van der Waals surface area contributed by atoms with E-state index in [-0.39, 0.29) is 11.8 Å². The standard InChI is InChI=1S/C9H18N2O/c1-7-5-8(6-11(7)4)9(12)10(2)3/h7-8H,5-6H2,1-4H3. The number of carbonyl (C=O) groups excluding carboxylic acids is 1. The zero-order valence-electron chi connectivity index (χ0n) is 8.37. The Hall–Kier alpha value is -0.570. The predicted octanol–water partition coefficient (Wildman–Crippen LogP) is 0.415. The first-order valence-corrected chi connectivity index (χ1v) is 4.43. The Morgan fingerprint density at radius 2 is 2.08 bits per heavy atom. The zero-order chi connectivity index (χ0) is 9.30. The molecule has 0 aromatic carbocycles. The fourth-order valence-electron chi connectivity index (χ4n) is 1.74. The van der Waals surface area contributed by atoms with Crippen molar-refractivity contribution < 1.29 is 4.79 Å². The number of hydrogen-bond donors (Lipinski definition) is 0. The lowest BCUT2D eigenvalue weighted by molar-refractivity contribution is -0.132. The Labute approximate surface area is 74.3 Å². The maximum Gasteiger partial charge on any atom is 0.226 e. The van der Waals surface area contributed by atoms with E-state index in [0.717, 1.165) is 13.0 Å². The monoisotopic (exact) mass is 170 g/mol. The molecule has 0 aromatic rings. The fourth-order valence-corrected chi connectivity index (χ4v) is 1.74. The van der Waals surface area contributed by atoms with E-state index in [9.17, 15) is 4.79 Å². The summed E-state index contributed by atoms with van der Waals surface area (Å²) in [5.41, 5.74) is 0. The SMILES string of the molecule is CC1CC(C(=O)N(C)C)CN1C. The van der Waals surface area contributed by atoms with Crippen LogP contribution in [0.4, 0.5) is 0 Å². The molecular weight excluding hydrogens is 152 g/mol. The highest BCUT2D eigenvalue weighted by Gasteiger charge is 2.31. The number of amides is 1. The molecule has 0 N–H and O–H groups in total. The third kappa shape index (κ3) is 1.78. The molecule has 0 aliphatic carbocycles. The van der Waals surface area contributed by atoms with Crippen LogP contribution in [-0.4, -0.2) is 49.4 Å². The van der Waals surface area contributed by atoms with Gasteiger partial charge in [-0.15, -0.1) is 0 Å². The molecule has 0 bridgehead atoms. The van der Waals surface area contributed by atoms with Crippen LogP contribution in [0.15, 0.2) is 0 Å². The average Bonchev–Trinajstić information content (AvgIpc) is 2.30. The molecule has 1 fully saturated rings. The maximum atomic E-state index is 11.5. The zero-order valence-corrected chi connectivity index (χ0v) is 8.37. The molecule has 2 unspecified atom stereocenters. The second-order valence-electron chi connectivity index (χ2n) is 3.95. The molecule has 1 aliphatic rings. The van der Waals surface area contributed by atoms with Crippen molar-refractivity contribution >= 4 is 5.91 Å². The van der Waals surface area contributed by atoms with Crippen LogP contribution in [0.5, 0.6) is 0 Å². The van der Waals surface area contributed by atoms with E-state index in [0.29, 0.717) is 6.04 Å². The van der Waals surface area contributed by atoms with Crippen LogP contribution in [0.2, 0.25) is 0 Å². The molecule has 3 nitrogen and oxygen atoms in total.